The van der Waals surface area contributed by atoms with Crippen molar-refractivity contribution in [1.82, 2.24) is 4.90 Å². The van der Waals surface area contributed by atoms with Crippen LogP contribution >= 0.6 is 0 Å². The first kappa shape index (κ1) is 21.8. The second-order valence-corrected chi connectivity index (χ2v) is 9.97. The third-order valence-corrected chi connectivity index (χ3v) is 7.53. The van der Waals surface area contributed by atoms with Gasteiger partial charge in [-0.15, -0.1) is 0 Å². The smallest absolute Gasteiger partial charge is 0.337 e. The number of esters is 1. The minimum absolute atomic E-state index is 0.0760. The highest BCUT2D eigenvalue weighted by molar-refractivity contribution is 7.91. The summed E-state index contributed by atoms with van der Waals surface area (Å²) in [6.07, 6.45) is 0.206. The molecule has 2 atom stereocenters. The Labute approximate surface area is 185 Å². The minimum Gasteiger partial charge on any atom is -0.507 e. The molecule has 1 N–H and O–H groups in total. The standard InChI is InChI=1S/C23H21NO7S/c1-31-23(28)16-9-7-14(8-10-16)19-18(20(25)15-5-3-2-4-6-15)21(26)22(27)24(19)17-11-12-32(29,30)13-17/h2-10,17,19,25H,11-13H2,1H3/t17-,19+/m1/s1. The molecule has 166 valence electrons. The van der Waals surface area contributed by atoms with E-state index in [9.17, 15) is 27.9 Å². The predicted octanol–water partition coefficient (Wildman–Crippen LogP) is 2.08. The number of carbonyl (C=O) groups excluding carboxylic acids is 3. The highest BCUT2D eigenvalue weighted by Gasteiger charge is 2.50. The Hall–Kier alpha value is -3.46. The van der Waals surface area contributed by atoms with Gasteiger partial charge in [0.25, 0.3) is 11.7 Å². The van der Waals surface area contributed by atoms with Crippen molar-refractivity contribution in [1.29, 1.82) is 0 Å². The number of hydrogen-bond acceptors (Lipinski definition) is 7. The highest BCUT2D eigenvalue weighted by atomic mass is 32.2. The van der Waals surface area contributed by atoms with E-state index in [1.54, 1.807) is 42.5 Å². The second kappa shape index (κ2) is 8.23. The number of ketones is 1. The number of Topliss-reactive ketones (excluding diaryl/α,β-unsaturated/α-hetero) is 1. The molecule has 2 aliphatic rings. The molecule has 2 aliphatic heterocycles. The highest BCUT2D eigenvalue weighted by Crippen LogP contribution is 2.42. The van der Waals surface area contributed by atoms with E-state index in [4.69, 9.17) is 4.74 Å². The van der Waals surface area contributed by atoms with Crippen molar-refractivity contribution >= 4 is 33.3 Å². The van der Waals surface area contributed by atoms with Gasteiger partial charge in [-0.05, 0) is 24.1 Å². The second-order valence-electron chi connectivity index (χ2n) is 7.74. The van der Waals surface area contributed by atoms with E-state index in [0.717, 1.165) is 0 Å². The zero-order chi connectivity index (χ0) is 23.0. The molecule has 4 rings (SSSR count). The molecular formula is C23H21NO7S. The van der Waals surface area contributed by atoms with Crippen LogP contribution in [-0.4, -0.2) is 60.7 Å². The SMILES string of the molecule is COC(=O)c1ccc([C@H]2C(=C(O)c3ccccc3)C(=O)C(=O)N2[C@@H]2CCS(=O)(=O)C2)cc1. The predicted molar refractivity (Wildman–Crippen MR) is 115 cm³/mol. The molecule has 2 heterocycles. The average Bonchev–Trinajstić information content (AvgIpc) is 3.29. The van der Waals surface area contributed by atoms with Crippen LogP contribution in [0.15, 0.2) is 60.2 Å². The first-order chi connectivity index (χ1) is 15.2. The van der Waals surface area contributed by atoms with Gasteiger partial charge in [0, 0.05) is 11.6 Å². The number of aliphatic hydroxyl groups excluding tert-OH is 1. The lowest BCUT2D eigenvalue weighted by molar-refractivity contribution is -0.141. The average molecular weight is 455 g/mol. The summed E-state index contributed by atoms with van der Waals surface area (Å²) in [6, 6.07) is 12.8. The number of methoxy groups -OCH3 is 1. The van der Waals surface area contributed by atoms with E-state index in [1.165, 1.54) is 24.1 Å². The molecule has 0 aromatic heterocycles. The Bertz CT molecular complexity index is 1220. The summed E-state index contributed by atoms with van der Waals surface area (Å²) in [4.78, 5) is 39.1. The van der Waals surface area contributed by atoms with Crippen molar-refractivity contribution in [2.75, 3.05) is 18.6 Å². The van der Waals surface area contributed by atoms with E-state index < -0.39 is 39.6 Å². The molecule has 0 saturated carbocycles. The van der Waals surface area contributed by atoms with Crippen LogP contribution < -0.4 is 0 Å². The summed E-state index contributed by atoms with van der Waals surface area (Å²) in [6.45, 7) is 0. The van der Waals surface area contributed by atoms with E-state index >= 15 is 0 Å². The van der Waals surface area contributed by atoms with E-state index in [1.807, 2.05) is 0 Å². The van der Waals surface area contributed by atoms with Crippen molar-refractivity contribution in [2.45, 2.75) is 18.5 Å². The van der Waals surface area contributed by atoms with Crippen LogP contribution in [0.5, 0.6) is 0 Å². The Morgan fingerprint density at radius 2 is 1.69 bits per heavy atom. The normalized spacial score (nSPS) is 24.0. The van der Waals surface area contributed by atoms with Crippen LogP contribution in [0.3, 0.4) is 0 Å². The molecule has 0 radical (unpaired) electrons. The monoisotopic (exact) mass is 455 g/mol. The van der Waals surface area contributed by atoms with E-state index in [2.05, 4.69) is 0 Å². The number of benzene rings is 2. The largest absolute Gasteiger partial charge is 0.507 e. The van der Waals surface area contributed by atoms with Gasteiger partial charge >= 0.3 is 5.97 Å². The number of nitrogens with zero attached hydrogens (tertiary/aromatic N) is 1. The Morgan fingerprint density at radius 3 is 2.25 bits per heavy atom. The number of sulfone groups is 1. The fraction of sp³-hybridized carbons (Fsp3) is 0.261. The van der Waals surface area contributed by atoms with Gasteiger partial charge in [0.05, 0.1) is 35.8 Å². The van der Waals surface area contributed by atoms with Crippen LogP contribution in [0.25, 0.3) is 5.76 Å². The molecule has 2 aromatic rings. The lowest BCUT2D eigenvalue weighted by Crippen LogP contribution is -2.40. The summed E-state index contributed by atoms with van der Waals surface area (Å²) >= 11 is 0. The Morgan fingerprint density at radius 1 is 1.03 bits per heavy atom. The van der Waals surface area contributed by atoms with Gasteiger partial charge in [-0.2, -0.15) is 0 Å². The molecule has 2 aromatic carbocycles. The molecule has 0 bridgehead atoms. The maximum atomic E-state index is 13.0. The maximum absolute atomic E-state index is 13.0. The van der Waals surface area contributed by atoms with Crippen LogP contribution in [0.4, 0.5) is 0 Å². The van der Waals surface area contributed by atoms with Crippen molar-refractivity contribution in [3.05, 3.63) is 76.9 Å². The number of hydrogen-bond donors (Lipinski definition) is 1. The molecule has 2 saturated heterocycles. The Balaban J connectivity index is 1.86. The first-order valence-corrected chi connectivity index (χ1v) is 11.8. The van der Waals surface area contributed by atoms with Crippen LogP contribution in [0, 0.1) is 0 Å². The van der Waals surface area contributed by atoms with Crippen LogP contribution in [0.1, 0.15) is 33.9 Å². The van der Waals surface area contributed by atoms with E-state index in [-0.39, 0.29) is 34.8 Å². The molecule has 2 fully saturated rings. The molecule has 8 nitrogen and oxygen atoms in total. The number of likely N-dealkylation sites (tertiary alicyclic amines) is 1. The van der Waals surface area contributed by atoms with Crippen molar-refractivity contribution in [2.24, 2.45) is 0 Å². The summed E-state index contributed by atoms with van der Waals surface area (Å²) in [5.41, 5.74) is 0.996. The first-order valence-electron chi connectivity index (χ1n) is 9.97. The van der Waals surface area contributed by atoms with Crippen molar-refractivity contribution < 1.29 is 32.6 Å². The van der Waals surface area contributed by atoms with Gasteiger partial charge in [0.2, 0.25) is 0 Å². The van der Waals surface area contributed by atoms with Crippen molar-refractivity contribution in [3.8, 4) is 0 Å². The van der Waals surface area contributed by atoms with Crippen LogP contribution in [-0.2, 0) is 24.2 Å². The van der Waals surface area contributed by atoms with Gasteiger partial charge in [0.15, 0.2) is 9.84 Å². The maximum Gasteiger partial charge on any atom is 0.337 e. The number of aliphatic hydroxyl groups is 1. The molecule has 9 heteroatoms. The molecule has 1 amide bonds. The number of ether oxygens (including phenoxy) is 1. The van der Waals surface area contributed by atoms with Crippen molar-refractivity contribution in [3.63, 3.8) is 0 Å². The molecule has 0 aliphatic carbocycles. The lowest BCUT2D eigenvalue weighted by Gasteiger charge is -2.30. The number of rotatable bonds is 4. The third kappa shape index (κ3) is 3.80. The summed E-state index contributed by atoms with van der Waals surface area (Å²) in [7, 11) is -2.08. The van der Waals surface area contributed by atoms with Gasteiger partial charge < -0.3 is 14.7 Å². The fourth-order valence-corrected chi connectivity index (χ4v) is 5.93. The van der Waals surface area contributed by atoms with Gasteiger partial charge in [-0.3, -0.25) is 9.59 Å². The molecule has 0 spiro atoms. The van der Waals surface area contributed by atoms with E-state index in [0.29, 0.717) is 11.1 Å². The zero-order valence-corrected chi connectivity index (χ0v) is 18.0. The van der Waals surface area contributed by atoms with Crippen LogP contribution in [0.2, 0.25) is 0 Å². The molecule has 32 heavy (non-hydrogen) atoms. The summed E-state index contributed by atoms with van der Waals surface area (Å²) in [5, 5.41) is 11.0. The molecule has 0 unspecified atom stereocenters. The minimum atomic E-state index is -3.34. The zero-order valence-electron chi connectivity index (χ0n) is 17.2. The van der Waals surface area contributed by atoms with Gasteiger partial charge in [-0.1, -0.05) is 42.5 Å². The molecular weight excluding hydrogens is 434 g/mol. The summed E-state index contributed by atoms with van der Waals surface area (Å²) in [5.74, 6) is -2.94. The fourth-order valence-electron chi connectivity index (χ4n) is 4.22. The van der Waals surface area contributed by atoms with Gasteiger partial charge in [0.1, 0.15) is 5.76 Å². The topological polar surface area (TPSA) is 118 Å². The Kier molecular flexibility index (Phi) is 5.60. The lowest BCUT2D eigenvalue weighted by atomic mass is 9.94. The number of carbonyl (C=O) groups is 3. The quantitative estimate of drug-likeness (QED) is 0.325. The number of amides is 1. The summed E-state index contributed by atoms with van der Waals surface area (Å²) < 4.78 is 28.9. The third-order valence-electron chi connectivity index (χ3n) is 5.78. The van der Waals surface area contributed by atoms with Gasteiger partial charge in [-0.25, -0.2) is 13.2 Å².